The molecule has 3 aromatic carbocycles. The largest absolute Gasteiger partial charge is 0.346 e. The normalized spacial score (nSPS) is 23.8. The number of Topliss-reactive ketones (excluding diaryl/α,β-unsaturated/α-hetero) is 1. The van der Waals surface area contributed by atoms with E-state index in [2.05, 4.69) is 15.9 Å². The fourth-order valence-corrected chi connectivity index (χ4v) is 5.15. The van der Waals surface area contributed by atoms with Gasteiger partial charge in [-0.25, -0.2) is 0 Å². The summed E-state index contributed by atoms with van der Waals surface area (Å²) in [5, 5.41) is 12.3. The van der Waals surface area contributed by atoms with Gasteiger partial charge < -0.3 is 4.90 Å². The zero-order valence-corrected chi connectivity index (χ0v) is 18.1. The number of nitro groups is 1. The molecule has 0 aliphatic carbocycles. The Bertz CT molecular complexity index is 1180. The van der Waals surface area contributed by atoms with E-state index < -0.39 is 24.0 Å². The number of halogens is 1. The zero-order valence-electron chi connectivity index (χ0n) is 16.5. The molecule has 0 unspecified atom stereocenters. The van der Waals surface area contributed by atoms with Crippen molar-refractivity contribution in [2.24, 2.45) is 0 Å². The first-order chi connectivity index (χ1) is 15.1. The van der Waals surface area contributed by atoms with E-state index in [4.69, 9.17) is 0 Å². The summed E-state index contributed by atoms with van der Waals surface area (Å²) in [6.45, 7) is 0. The maximum atomic E-state index is 13.8. The van der Waals surface area contributed by atoms with Crippen LogP contribution in [0, 0.1) is 10.1 Å². The lowest BCUT2D eigenvalue weighted by Gasteiger charge is -2.34. The summed E-state index contributed by atoms with van der Waals surface area (Å²) in [6, 6.07) is 22.2. The monoisotopic (exact) mass is 474 g/mol. The van der Waals surface area contributed by atoms with Gasteiger partial charge in [0.15, 0.2) is 5.78 Å². The molecule has 154 valence electrons. The van der Waals surface area contributed by atoms with Gasteiger partial charge >= 0.3 is 0 Å². The molecule has 0 spiro atoms. The summed E-state index contributed by atoms with van der Waals surface area (Å²) in [7, 11) is 0. The van der Waals surface area contributed by atoms with Gasteiger partial charge in [-0.3, -0.25) is 14.9 Å². The van der Waals surface area contributed by atoms with Crippen molar-refractivity contribution < 1.29 is 9.72 Å². The van der Waals surface area contributed by atoms with Gasteiger partial charge in [0.2, 0.25) is 6.04 Å². The summed E-state index contributed by atoms with van der Waals surface area (Å²) in [6.07, 6.45) is 3.81. The third-order valence-corrected chi connectivity index (χ3v) is 6.72. The predicted octanol–water partition coefficient (Wildman–Crippen LogP) is 5.35. The van der Waals surface area contributed by atoms with Crippen LogP contribution in [0.15, 0.2) is 89.4 Å². The molecule has 0 radical (unpaired) electrons. The number of rotatable bonds is 4. The molecule has 4 atom stereocenters. The molecule has 2 heterocycles. The number of hydrogen-bond donors (Lipinski definition) is 0. The van der Waals surface area contributed by atoms with Crippen LogP contribution in [0.2, 0.25) is 0 Å². The first kappa shape index (κ1) is 19.7. The summed E-state index contributed by atoms with van der Waals surface area (Å²) in [5.74, 6) is -0.690. The third-order valence-electron chi connectivity index (χ3n) is 6.19. The number of para-hydroxylation sites is 1. The SMILES string of the molecule is O=C(c1ccccc1)[C@H]1[C@H](c2ccc(Br)cc2)[C@@H]([N+](=O)[O-])[C@H]2C=Cc3ccccc3N21. The van der Waals surface area contributed by atoms with Gasteiger partial charge in [0.1, 0.15) is 12.1 Å². The molecule has 0 N–H and O–H groups in total. The summed E-state index contributed by atoms with van der Waals surface area (Å²) in [4.78, 5) is 27.9. The van der Waals surface area contributed by atoms with E-state index in [1.165, 1.54) is 0 Å². The molecule has 3 aromatic rings. The molecular formula is C25H19BrN2O3. The molecule has 6 heteroatoms. The molecule has 5 rings (SSSR count). The Hall–Kier alpha value is -3.25. The van der Waals surface area contributed by atoms with Crippen LogP contribution >= 0.6 is 15.9 Å². The second-order valence-electron chi connectivity index (χ2n) is 7.84. The minimum atomic E-state index is -0.941. The Kier molecular flexibility index (Phi) is 4.94. The minimum absolute atomic E-state index is 0.104. The molecule has 0 aromatic heterocycles. The number of benzene rings is 3. The predicted molar refractivity (Wildman–Crippen MR) is 124 cm³/mol. The number of anilines is 1. The van der Waals surface area contributed by atoms with Crippen LogP contribution in [0.1, 0.15) is 27.4 Å². The standard InChI is InChI=1S/C25H19BrN2O3/c26-19-13-10-17(11-14-19)22-23(28(30)31)21-15-12-16-6-4-5-9-20(16)27(21)24(22)25(29)18-7-2-1-3-8-18/h1-15,21-24H/t21-,22-,23+,24-/m1/s1. The van der Waals surface area contributed by atoms with Crippen molar-refractivity contribution in [2.75, 3.05) is 4.90 Å². The highest BCUT2D eigenvalue weighted by Gasteiger charge is 2.58. The Morgan fingerprint density at radius 3 is 2.32 bits per heavy atom. The van der Waals surface area contributed by atoms with Crippen molar-refractivity contribution in [1.29, 1.82) is 0 Å². The average Bonchev–Trinajstić information content (AvgIpc) is 3.15. The van der Waals surface area contributed by atoms with Crippen LogP contribution in [-0.2, 0) is 0 Å². The Balaban J connectivity index is 1.72. The van der Waals surface area contributed by atoms with Gasteiger partial charge in [0.05, 0.1) is 5.92 Å². The van der Waals surface area contributed by atoms with Crippen molar-refractivity contribution in [3.05, 3.63) is 116 Å². The Labute approximate surface area is 188 Å². The van der Waals surface area contributed by atoms with E-state index in [0.29, 0.717) is 5.56 Å². The molecule has 0 bridgehead atoms. The smallest absolute Gasteiger partial charge is 0.245 e. The quantitative estimate of drug-likeness (QED) is 0.290. The van der Waals surface area contributed by atoms with Gasteiger partial charge in [-0.1, -0.05) is 88.7 Å². The molecule has 2 aliphatic heterocycles. The highest BCUT2D eigenvalue weighted by molar-refractivity contribution is 9.10. The summed E-state index contributed by atoms with van der Waals surface area (Å²) in [5.41, 5.74) is 3.17. The van der Waals surface area contributed by atoms with E-state index >= 15 is 0 Å². The molecule has 5 nitrogen and oxygen atoms in total. The highest BCUT2D eigenvalue weighted by atomic mass is 79.9. The van der Waals surface area contributed by atoms with Gasteiger partial charge in [-0.05, 0) is 29.3 Å². The van der Waals surface area contributed by atoms with E-state index in [1.807, 2.05) is 83.8 Å². The lowest BCUT2D eigenvalue weighted by atomic mass is 9.84. The molecule has 2 aliphatic rings. The van der Waals surface area contributed by atoms with E-state index in [0.717, 1.165) is 21.3 Å². The molecular weight excluding hydrogens is 456 g/mol. The second kappa shape index (κ2) is 7.78. The Morgan fingerprint density at radius 2 is 1.61 bits per heavy atom. The van der Waals surface area contributed by atoms with Crippen molar-refractivity contribution in [3.63, 3.8) is 0 Å². The van der Waals surface area contributed by atoms with E-state index in [-0.39, 0.29) is 10.7 Å². The lowest BCUT2D eigenvalue weighted by molar-refractivity contribution is -0.524. The summed E-state index contributed by atoms with van der Waals surface area (Å²) >= 11 is 3.44. The van der Waals surface area contributed by atoms with Crippen molar-refractivity contribution in [2.45, 2.75) is 24.0 Å². The topological polar surface area (TPSA) is 63.4 Å². The number of hydrogen-bond acceptors (Lipinski definition) is 4. The fraction of sp³-hybridized carbons (Fsp3) is 0.160. The van der Waals surface area contributed by atoms with Crippen molar-refractivity contribution >= 4 is 33.5 Å². The number of carbonyl (C=O) groups is 1. The van der Waals surface area contributed by atoms with Crippen LogP contribution in [0.3, 0.4) is 0 Å². The molecule has 0 amide bonds. The number of ketones is 1. The van der Waals surface area contributed by atoms with Gasteiger partial charge in [0, 0.05) is 20.6 Å². The molecule has 31 heavy (non-hydrogen) atoms. The summed E-state index contributed by atoms with van der Waals surface area (Å²) < 4.78 is 0.890. The number of fused-ring (bicyclic) bond motifs is 3. The van der Waals surface area contributed by atoms with E-state index in [1.54, 1.807) is 12.1 Å². The van der Waals surface area contributed by atoms with Crippen LogP contribution < -0.4 is 4.90 Å². The third kappa shape index (κ3) is 3.27. The van der Waals surface area contributed by atoms with Crippen LogP contribution in [0.25, 0.3) is 6.08 Å². The fourth-order valence-electron chi connectivity index (χ4n) is 4.89. The van der Waals surface area contributed by atoms with Crippen LogP contribution in [-0.4, -0.2) is 28.8 Å². The Morgan fingerprint density at radius 1 is 0.935 bits per heavy atom. The molecule has 1 saturated heterocycles. The van der Waals surface area contributed by atoms with Crippen LogP contribution in [0.4, 0.5) is 5.69 Å². The maximum Gasteiger partial charge on any atom is 0.245 e. The average molecular weight is 475 g/mol. The molecule has 0 saturated carbocycles. The number of carbonyl (C=O) groups excluding carboxylic acids is 1. The van der Waals surface area contributed by atoms with Gasteiger partial charge in [-0.2, -0.15) is 0 Å². The number of nitrogens with zero attached hydrogens (tertiary/aromatic N) is 2. The second-order valence-corrected chi connectivity index (χ2v) is 8.76. The minimum Gasteiger partial charge on any atom is -0.346 e. The first-order valence-electron chi connectivity index (χ1n) is 10.1. The van der Waals surface area contributed by atoms with Gasteiger partial charge in [-0.15, -0.1) is 0 Å². The highest BCUT2D eigenvalue weighted by Crippen LogP contribution is 2.47. The van der Waals surface area contributed by atoms with Crippen molar-refractivity contribution in [1.82, 2.24) is 0 Å². The van der Waals surface area contributed by atoms with Crippen molar-refractivity contribution in [3.8, 4) is 0 Å². The van der Waals surface area contributed by atoms with Crippen LogP contribution in [0.5, 0.6) is 0 Å². The maximum absolute atomic E-state index is 13.8. The lowest BCUT2D eigenvalue weighted by Crippen LogP contribution is -2.44. The molecule has 1 fully saturated rings. The van der Waals surface area contributed by atoms with E-state index in [9.17, 15) is 14.9 Å². The van der Waals surface area contributed by atoms with Gasteiger partial charge in [0.25, 0.3) is 0 Å². The zero-order chi connectivity index (χ0) is 21.5. The first-order valence-corrected chi connectivity index (χ1v) is 10.9.